The molecule has 1 saturated carbocycles. The van der Waals surface area contributed by atoms with Crippen LogP contribution in [0.25, 0.3) is 0 Å². The molecule has 2 atom stereocenters. The number of carboxylic acids is 2. The third kappa shape index (κ3) is 2.40. The van der Waals surface area contributed by atoms with Gasteiger partial charge in [-0.25, -0.2) is 8.78 Å². The van der Waals surface area contributed by atoms with Gasteiger partial charge in [-0.2, -0.15) is 0 Å². The number of rotatable bonds is 2. The zero-order chi connectivity index (χ0) is 10.9. The maximum atomic E-state index is 12.9. The molecule has 80 valence electrons. The first kappa shape index (κ1) is 10.9. The van der Waals surface area contributed by atoms with Gasteiger partial charge >= 0.3 is 11.9 Å². The van der Waals surface area contributed by atoms with Crippen LogP contribution in [0.1, 0.15) is 19.3 Å². The third-order valence-corrected chi connectivity index (χ3v) is 2.36. The number of hydrogen-bond acceptors (Lipinski definition) is 2. The summed E-state index contributed by atoms with van der Waals surface area (Å²) in [5.41, 5.74) is 0. The van der Waals surface area contributed by atoms with Gasteiger partial charge in [0.15, 0.2) is 0 Å². The van der Waals surface area contributed by atoms with Crippen molar-refractivity contribution in [3.05, 3.63) is 0 Å². The number of alkyl halides is 2. The topological polar surface area (TPSA) is 74.6 Å². The highest BCUT2D eigenvalue weighted by Crippen LogP contribution is 2.40. The van der Waals surface area contributed by atoms with Crippen molar-refractivity contribution >= 4 is 11.9 Å². The molecule has 0 spiro atoms. The molecule has 0 amide bonds. The number of halogens is 2. The molecule has 0 bridgehead atoms. The number of carbonyl (C=O) groups is 2. The first-order valence-corrected chi connectivity index (χ1v) is 4.15. The van der Waals surface area contributed by atoms with E-state index in [9.17, 15) is 18.4 Å². The molecule has 2 N–H and O–H groups in total. The first-order chi connectivity index (χ1) is 6.32. The van der Waals surface area contributed by atoms with Crippen LogP contribution < -0.4 is 0 Å². The molecule has 4 nitrogen and oxygen atoms in total. The molecule has 0 aromatic rings. The van der Waals surface area contributed by atoms with Crippen molar-refractivity contribution < 1.29 is 28.6 Å². The van der Waals surface area contributed by atoms with Crippen molar-refractivity contribution in [1.29, 1.82) is 0 Å². The van der Waals surface area contributed by atoms with Gasteiger partial charge in [-0.05, 0) is 6.42 Å². The van der Waals surface area contributed by atoms with E-state index in [1.807, 2.05) is 0 Å². The van der Waals surface area contributed by atoms with Crippen LogP contribution in [0.15, 0.2) is 0 Å². The lowest BCUT2D eigenvalue weighted by molar-refractivity contribution is -0.159. The van der Waals surface area contributed by atoms with E-state index in [0.717, 1.165) is 0 Å². The van der Waals surface area contributed by atoms with E-state index in [1.54, 1.807) is 0 Å². The average Bonchev–Trinajstić information content (AvgIpc) is 2.01. The molecule has 1 fully saturated rings. The Morgan fingerprint density at radius 1 is 1.07 bits per heavy atom. The fraction of sp³-hybridized carbons (Fsp3) is 0.750. The Hall–Kier alpha value is -1.20. The lowest BCUT2D eigenvalue weighted by atomic mass is 9.79. The van der Waals surface area contributed by atoms with Crippen LogP contribution in [-0.4, -0.2) is 28.1 Å². The monoisotopic (exact) mass is 208 g/mol. The van der Waals surface area contributed by atoms with Gasteiger partial charge in [-0.1, -0.05) is 0 Å². The summed E-state index contributed by atoms with van der Waals surface area (Å²) in [7, 11) is 0. The van der Waals surface area contributed by atoms with Crippen LogP contribution in [0.4, 0.5) is 8.78 Å². The van der Waals surface area contributed by atoms with Gasteiger partial charge in [0, 0.05) is 12.8 Å². The Bertz CT molecular complexity index is 240. The fourth-order valence-corrected chi connectivity index (χ4v) is 1.69. The van der Waals surface area contributed by atoms with Crippen LogP contribution in [0.2, 0.25) is 0 Å². The van der Waals surface area contributed by atoms with Crippen molar-refractivity contribution in [2.24, 2.45) is 11.8 Å². The second-order valence-electron chi connectivity index (χ2n) is 3.57. The first-order valence-electron chi connectivity index (χ1n) is 4.15. The predicted molar refractivity (Wildman–Crippen MR) is 41.0 cm³/mol. The summed E-state index contributed by atoms with van der Waals surface area (Å²) in [5, 5.41) is 17.1. The molecule has 0 radical (unpaired) electrons. The second kappa shape index (κ2) is 3.51. The molecule has 1 rings (SSSR count). The summed E-state index contributed by atoms with van der Waals surface area (Å²) in [5.74, 6) is -8.38. The van der Waals surface area contributed by atoms with Crippen LogP contribution in [0, 0.1) is 11.8 Å². The summed E-state index contributed by atoms with van der Waals surface area (Å²) >= 11 is 0. The Morgan fingerprint density at radius 3 is 1.71 bits per heavy atom. The maximum absolute atomic E-state index is 12.9. The Labute approximate surface area is 78.5 Å². The van der Waals surface area contributed by atoms with E-state index in [0.29, 0.717) is 0 Å². The maximum Gasteiger partial charge on any atom is 0.306 e. The Kier molecular flexibility index (Phi) is 2.73. The van der Waals surface area contributed by atoms with E-state index < -0.39 is 42.5 Å². The quantitative estimate of drug-likeness (QED) is 0.715. The molecule has 0 saturated heterocycles. The molecular formula is C8H10F2O4. The normalized spacial score (nSPS) is 31.0. The SMILES string of the molecule is O=C(O)C1CC(C(=O)O)CC(F)(F)C1. The summed E-state index contributed by atoms with van der Waals surface area (Å²) in [6, 6.07) is 0. The number of aliphatic carboxylic acids is 2. The number of carboxylic acid groups (broad SMARTS) is 2. The van der Waals surface area contributed by atoms with Gasteiger partial charge in [0.05, 0.1) is 11.8 Å². The highest BCUT2D eigenvalue weighted by Gasteiger charge is 2.46. The largest absolute Gasteiger partial charge is 0.481 e. The van der Waals surface area contributed by atoms with E-state index in [-0.39, 0.29) is 6.42 Å². The van der Waals surface area contributed by atoms with Crippen molar-refractivity contribution in [3.8, 4) is 0 Å². The van der Waals surface area contributed by atoms with Crippen LogP contribution in [0.3, 0.4) is 0 Å². The zero-order valence-electron chi connectivity index (χ0n) is 7.24. The third-order valence-electron chi connectivity index (χ3n) is 2.36. The molecule has 0 aromatic carbocycles. The molecule has 2 unspecified atom stereocenters. The van der Waals surface area contributed by atoms with Gasteiger partial charge < -0.3 is 10.2 Å². The lowest BCUT2D eigenvalue weighted by Crippen LogP contribution is -2.38. The van der Waals surface area contributed by atoms with E-state index in [2.05, 4.69) is 0 Å². The van der Waals surface area contributed by atoms with Crippen molar-refractivity contribution in [2.75, 3.05) is 0 Å². The molecule has 6 heteroatoms. The zero-order valence-corrected chi connectivity index (χ0v) is 7.24. The molecule has 0 heterocycles. The van der Waals surface area contributed by atoms with Crippen molar-refractivity contribution in [2.45, 2.75) is 25.2 Å². The van der Waals surface area contributed by atoms with Crippen LogP contribution >= 0.6 is 0 Å². The highest BCUT2D eigenvalue weighted by atomic mass is 19.3. The Balaban J connectivity index is 2.77. The highest BCUT2D eigenvalue weighted by molar-refractivity contribution is 5.74. The van der Waals surface area contributed by atoms with Gasteiger partial charge in [-0.15, -0.1) is 0 Å². The van der Waals surface area contributed by atoms with Gasteiger partial charge in [0.25, 0.3) is 0 Å². The van der Waals surface area contributed by atoms with E-state index in [4.69, 9.17) is 10.2 Å². The minimum atomic E-state index is -3.18. The van der Waals surface area contributed by atoms with Gasteiger partial charge in [0.2, 0.25) is 5.92 Å². The van der Waals surface area contributed by atoms with Gasteiger partial charge in [0.1, 0.15) is 0 Å². The minimum Gasteiger partial charge on any atom is -0.481 e. The molecular weight excluding hydrogens is 198 g/mol. The molecule has 0 aliphatic heterocycles. The summed E-state index contributed by atoms with van der Waals surface area (Å²) < 4.78 is 25.8. The van der Waals surface area contributed by atoms with Crippen LogP contribution in [-0.2, 0) is 9.59 Å². The molecule has 1 aliphatic carbocycles. The molecule has 0 aromatic heterocycles. The Morgan fingerprint density at radius 2 is 1.43 bits per heavy atom. The van der Waals surface area contributed by atoms with Crippen molar-refractivity contribution in [1.82, 2.24) is 0 Å². The second-order valence-corrected chi connectivity index (χ2v) is 3.57. The molecule has 14 heavy (non-hydrogen) atoms. The minimum absolute atomic E-state index is 0.208. The standard InChI is InChI=1S/C8H10F2O4/c9-8(10)2-4(6(11)12)1-5(3-8)7(13)14/h4-5H,1-3H2,(H,11,12)(H,13,14). The summed E-state index contributed by atoms with van der Waals surface area (Å²) in [4.78, 5) is 21.0. The molecule has 1 aliphatic rings. The van der Waals surface area contributed by atoms with Gasteiger partial charge in [-0.3, -0.25) is 9.59 Å². The lowest BCUT2D eigenvalue weighted by Gasteiger charge is -2.30. The fourth-order valence-electron chi connectivity index (χ4n) is 1.69. The van der Waals surface area contributed by atoms with Crippen molar-refractivity contribution in [3.63, 3.8) is 0 Å². The van der Waals surface area contributed by atoms with Crippen LogP contribution in [0.5, 0.6) is 0 Å². The van der Waals surface area contributed by atoms with E-state index >= 15 is 0 Å². The summed E-state index contributed by atoms with van der Waals surface area (Å²) in [6.07, 6.45) is -1.72. The van der Waals surface area contributed by atoms with E-state index in [1.165, 1.54) is 0 Å². The number of hydrogen-bond donors (Lipinski definition) is 2. The smallest absolute Gasteiger partial charge is 0.306 e. The predicted octanol–water partition coefficient (Wildman–Crippen LogP) is 1.21. The summed E-state index contributed by atoms with van der Waals surface area (Å²) in [6.45, 7) is 0. The average molecular weight is 208 g/mol.